The van der Waals surface area contributed by atoms with Gasteiger partial charge in [0.05, 0.1) is 0 Å². The Morgan fingerprint density at radius 2 is 2.70 bits per heavy atom. The Kier molecular flexibility index (Phi) is 1.71. The first-order valence-corrected chi connectivity index (χ1v) is 2.99. The van der Waals surface area contributed by atoms with Crippen LogP contribution in [0.1, 0.15) is 17.4 Å². The fourth-order valence-corrected chi connectivity index (χ4v) is 0.604. The Morgan fingerprint density at radius 3 is 3.00 bits per heavy atom. The van der Waals surface area contributed by atoms with E-state index >= 15 is 0 Å². The number of rotatable bonds is 2. The van der Waals surface area contributed by atoms with Crippen molar-refractivity contribution in [1.82, 2.24) is 9.78 Å². The summed E-state index contributed by atoms with van der Waals surface area (Å²) < 4.78 is 1.60. The van der Waals surface area contributed by atoms with E-state index in [0.717, 1.165) is 6.54 Å². The number of primary amides is 1. The Labute approximate surface area is 58.6 Å². The number of carbonyl (C=O) groups excluding carboxylic acids is 1. The van der Waals surface area contributed by atoms with E-state index in [1.54, 1.807) is 10.9 Å². The Hall–Kier alpha value is -1.32. The lowest BCUT2D eigenvalue weighted by Gasteiger charge is -1.90. The predicted octanol–water partition coefficient (Wildman–Crippen LogP) is -0.198. The van der Waals surface area contributed by atoms with Gasteiger partial charge in [-0.15, -0.1) is 0 Å². The van der Waals surface area contributed by atoms with Crippen LogP contribution in [0.5, 0.6) is 0 Å². The van der Waals surface area contributed by atoms with Gasteiger partial charge in [0.25, 0.3) is 5.91 Å². The second-order valence-corrected chi connectivity index (χ2v) is 1.84. The summed E-state index contributed by atoms with van der Waals surface area (Å²) in [6.45, 7) is 2.65. The minimum atomic E-state index is -0.535. The molecule has 0 aliphatic carbocycles. The first-order valence-electron chi connectivity index (χ1n) is 2.99. The van der Waals surface area contributed by atoms with E-state index in [0.29, 0.717) is 0 Å². The van der Waals surface area contributed by atoms with Crippen LogP contribution >= 0.6 is 0 Å². The van der Waals surface area contributed by atoms with Gasteiger partial charge in [0.2, 0.25) is 0 Å². The Morgan fingerprint density at radius 1 is 2.00 bits per heavy atom. The lowest BCUT2D eigenvalue weighted by Crippen LogP contribution is -2.12. The van der Waals surface area contributed by atoms with Gasteiger partial charge in [0, 0.05) is 18.8 Å². The molecule has 53 valence electrons. The van der Waals surface area contributed by atoms with Gasteiger partial charge in [-0.2, -0.15) is 5.10 Å². The van der Waals surface area contributed by atoms with Crippen molar-refractivity contribution in [3.8, 4) is 0 Å². The molecule has 0 spiro atoms. The summed E-state index contributed by atoms with van der Waals surface area (Å²) in [4.78, 5) is 10.4. The highest BCUT2D eigenvalue weighted by atomic mass is 16.1. The third-order valence-corrected chi connectivity index (χ3v) is 1.14. The van der Waals surface area contributed by atoms with E-state index in [1.807, 2.05) is 6.92 Å². The lowest BCUT2D eigenvalue weighted by atomic mass is 10.4. The summed E-state index contributed by atoms with van der Waals surface area (Å²) in [6, 6.07) is 2.63. The molecule has 1 heterocycles. The highest BCUT2D eigenvalue weighted by Crippen LogP contribution is 1.91. The van der Waals surface area contributed by atoms with E-state index < -0.39 is 5.91 Å². The van der Waals surface area contributed by atoms with Crippen molar-refractivity contribution in [2.45, 2.75) is 13.5 Å². The molecule has 10 heavy (non-hydrogen) atoms. The molecule has 0 aliphatic rings. The average molecular weight is 138 g/mol. The smallest absolute Gasteiger partial charge is 0.269 e. The molecule has 1 amide bonds. The molecular formula is C6H8N3O. The third kappa shape index (κ3) is 1.15. The van der Waals surface area contributed by atoms with Crippen LogP contribution in [-0.2, 0) is 6.54 Å². The highest BCUT2D eigenvalue weighted by Gasteiger charge is 2.02. The first-order chi connectivity index (χ1) is 4.74. The molecule has 1 radical (unpaired) electrons. The number of carbonyl (C=O) groups is 1. The molecule has 0 bridgehead atoms. The number of hydrogen-bond donors (Lipinski definition) is 1. The number of amides is 1. The van der Waals surface area contributed by atoms with Gasteiger partial charge in [-0.25, -0.2) is 0 Å². The van der Waals surface area contributed by atoms with E-state index in [4.69, 9.17) is 5.73 Å². The minimum Gasteiger partial charge on any atom is -0.364 e. The van der Waals surface area contributed by atoms with E-state index in [2.05, 4.69) is 11.2 Å². The second-order valence-electron chi connectivity index (χ2n) is 1.84. The SMILES string of the molecule is CCn1c[c]c(C(N)=O)n1. The van der Waals surface area contributed by atoms with Crippen LogP contribution in [0.2, 0.25) is 0 Å². The zero-order valence-electron chi connectivity index (χ0n) is 5.66. The maximum absolute atomic E-state index is 10.4. The molecule has 4 nitrogen and oxygen atoms in total. The molecule has 0 aromatic carbocycles. The maximum atomic E-state index is 10.4. The monoisotopic (exact) mass is 138 g/mol. The molecule has 1 aromatic heterocycles. The summed E-state index contributed by atoms with van der Waals surface area (Å²) in [5.74, 6) is -0.535. The van der Waals surface area contributed by atoms with Crippen molar-refractivity contribution in [2.24, 2.45) is 5.73 Å². The fraction of sp³-hybridized carbons (Fsp3) is 0.333. The summed E-state index contributed by atoms with van der Waals surface area (Å²) in [5.41, 5.74) is 5.13. The molecule has 0 saturated carbocycles. The maximum Gasteiger partial charge on any atom is 0.269 e. The molecule has 2 N–H and O–H groups in total. The van der Waals surface area contributed by atoms with Crippen molar-refractivity contribution in [3.63, 3.8) is 0 Å². The van der Waals surface area contributed by atoms with Crippen LogP contribution in [0.4, 0.5) is 0 Å². The molecular weight excluding hydrogens is 130 g/mol. The van der Waals surface area contributed by atoms with Crippen LogP contribution in [0, 0.1) is 6.07 Å². The number of aromatic nitrogens is 2. The summed E-state index contributed by atoms with van der Waals surface area (Å²) in [6.07, 6.45) is 1.60. The largest absolute Gasteiger partial charge is 0.364 e. The van der Waals surface area contributed by atoms with Crippen LogP contribution in [0.15, 0.2) is 6.20 Å². The van der Waals surface area contributed by atoms with Crippen molar-refractivity contribution in [3.05, 3.63) is 18.0 Å². The molecule has 1 aromatic rings. The first kappa shape index (κ1) is 6.80. The van der Waals surface area contributed by atoms with Gasteiger partial charge in [-0.3, -0.25) is 9.48 Å². The zero-order valence-corrected chi connectivity index (χ0v) is 5.66. The molecule has 4 heteroatoms. The number of aryl methyl sites for hydroxylation is 1. The van der Waals surface area contributed by atoms with E-state index in [-0.39, 0.29) is 5.69 Å². The molecule has 0 unspecified atom stereocenters. The van der Waals surface area contributed by atoms with Gasteiger partial charge >= 0.3 is 0 Å². The summed E-state index contributed by atoms with van der Waals surface area (Å²) in [7, 11) is 0. The zero-order chi connectivity index (χ0) is 7.56. The average Bonchev–Trinajstić information content (AvgIpc) is 2.34. The van der Waals surface area contributed by atoms with Gasteiger partial charge in [-0.05, 0) is 6.92 Å². The molecule has 0 atom stereocenters. The molecule has 0 saturated heterocycles. The van der Waals surface area contributed by atoms with Crippen LogP contribution in [0.25, 0.3) is 0 Å². The summed E-state index contributed by atoms with van der Waals surface area (Å²) >= 11 is 0. The van der Waals surface area contributed by atoms with E-state index in [1.165, 1.54) is 0 Å². The number of hydrogen-bond acceptors (Lipinski definition) is 2. The standard InChI is InChI=1S/C6H8N3O/c1-2-9-4-3-5(8-9)6(7)10/h4H,2H2,1H3,(H2,7,10). The predicted molar refractivity (Wildman–Crippen MR) is 35.3 cm³/mol. The van der Waals surface area contributed by atoms with Crippen molar-refractivity contribution < 1.29 is 4.79 Å². The fourth-order valence-electron chi connectivity index (χ4n) is 0.604. The van der Waals surface area contributed by atoms with Crippen molar-refractivity contribution >= 4 is 5.91 Å². The number of nitrogens with zero attached hydrogens (tertiary/aromatic N) is 2. The van der Waals surface area contributed by atoms with Crippen LogP contribution in [-0.4, -0.2) is 15.7 Å². The Bertz CT molecular complexity index is 241. The van der Waals surface area contributed by atoms with Gasteiger partial charge in [-0.1, -0.05) is 0 Å². The Balaban J connectivity index is 2.88. The van der Waals surface area contributed by atoms with E-state index in [9.17, 15) is 4.79 Å². The minimum absolute atomic E-state index is 0.196. The van der Waals surface area contributed by atoms with Gasteiger partial charge < -0.3 is 5.73 Å². The second kappa shape index (κ2) is 2.51. The van der Waals surface area contributed by atoms with Gasteiger partial charge in [0.15, 0.2) is 5.69 Å². The molecule has 0 aliphatic heterocycles. The van der Waals surface area contributed by atoms with Crippen molar-refractivity contribution in [1.29, 1.82) is 0 Å². The summed E-state index contributed by atoms with van der Waals surface area (Å²) in [5, 5.41) is 3.81. The molecule has 0 fully saturated rings. The van der Waals surface area contributed by atoms with Crippen LogP contribution in [0.3, 0.4) is 0 Å². The third-order valence-electron chi connectivity index (χ3n) is 1.14. The van der Waals surface area contributed by atoms with Gasteiger partial charge in [0.1, 0.15) is 0 Å². The topological polar surface area (TPSA) is 60.9 Å². The number of nitrogens with two attached hydrogens (primary N) is 1. The quantitative estimate of drug-likeness (QED) is 0.615. The lowest BCUT2D eigenvalue weighted by molar-refractivity contribution is 0.0994. The normalized spacial score (nSPS) is 9.70. The highest BCUT2D eigenvalue weighted by molar-refractivity contribution is 5.90. The van der Waals surface area contributed by atoms with Crippen molar-refractivity contribution in [2.75, 3.05) is 0 Å². The van der Waals surface area contributed by atoms with Crippen LogP contribution < -0.4 is 5.73 Å². The molecule has 1 rings (SSSR count).